The first-order valence-corrected chi connectivity index (χ1v) is 12.5. The minimum Gasteiger partial charge on any atom is -0.497 e. The molecule has 0 saturated carbocycles. The van der Waals surface area contributed by atoms with E-state index in [9.17, 15) is 4.79 Å². The number of nitrogens with zero attached hydrogens (tertiary/aromatic N) is 4. The average molecular weight is 530 g/mol. The van der Waals surface area contributed by atoms with Crippen LogP contribution in [0.25, 0.3) is 10.9 Å². The number of hydrogen-bond donors (Lipinski definition) is 1. The third kappa shape index (κ3) is 7.34. The zero-order chi connectivity index (χ0) is 26.2. The molecule has 1 fully saturated rings. The highest BCUT2D eigenvalue weighted by Crippen LogP contribution is 2.34. The molecule has 0 bridgehead atoms. The van der Waals surface area contributed by atoms with Crippen LogP contribution in [0.2, 0.25) is 5.02 Å². The maximum absolute atomic E-state index is 12.0. The molecule has 0 radical (unpaired) electrons. The van der Waals surface area contributed by atoms with Crippen LogP contribution in [0, 0.1) is 0 Å². The Balaban J connectivity index is 1.47. The SMILES string of the molecule is COc1ccc2nc(OCCCCN3CCOCC3)nc(Oc3ccc(NC(=O)N(C)C)c(Cl)c3)c2c1. The Hall–Kier alpha value is -3.34. The number of halogens is 1. The summed E-state index contributed by atoms with van der Waals surface area (Å²) in [5.74, 6) is 1.41. The van der Waals surface area contributed by atoms with E-state index in [2.05, 4.69) is 20.2 Å². The lowest BCUT2D eigenvalue weighted by atomic mass is 10.2. The third-order valence-electron chi connectivity index (χ3n) is 5.85. The lowest BCUT2D eigenvalue weighted by Gasteiger charge is -2.26. The number of fused-ring (bicyclic) bond motifs is 1. The Kier molecular flexibility index (Phi) is 9.21. The van der Waals surface area contributed by atoms with Gasteiger partial charge in [-0.15, -0.1) is 0 Å². The molecule has 0 aliphatic carbocycles. The van der Waals surface area contributed by atoms with Crippen LogP contribution >= 0.6 is 11.6 Å². The zero-order valence-electron chi connectivity index (χ0n) is 21.3. The molecule has 0 atom stereocenters. The van der Waals surface area contributed by atoms with Gasteiger partial charge < -0.3 is 29.2 Å². The molecule has 198 valence electrons. The van der Waals surface area contributed by atoms with Crippen LogP contribution in [0.15, 0.2) is 36.4 Å². The Bertz CT molecular complexity index is 1220. The van der Waals surface area contributed by atoms with E-state index in [0.29, 0.717) is 45.6 Å². The normalized spacial score (nSPS) is 13.8. The summed E-state index contributed by atoms with van der Waals surface area (Å²) < 4.78 is 22.8. The van der Waals surface area contributed by atoms with Crippen molar-refractivity contribution in [2.45, 2.75) is 12.8 Å². The molecule has 1 aromatic heterocycles. The number of carbonyl (C=O) groups excluding carboxylic acids is 1. The molecular weight excluding hydrogens is 498 g/mol. The van der Waals surface area contributed by atoms with Gasteiger partial charge in [0.05, 0.1) is 48.5 Å². The van der Waals surface area contributed by atoms with Crippen molar-refractivity contribution < 1.29 is 23.7 Å². The molecule has 1 N–H and O–H groups in total. The summed E-state index contributed by atoms with van der Waals surface area (Å²) in [4.78, 5) is 24.9. The number of carbonyl (C=O) groups is 1. The first kappa shape index (κ1) is 26.7. The first-order chi connectivity index (χ1) is 17.9. The van der Waals surface area contributed by atoms with E-state index in [0.717, 1.165) is 45.7 Å². The van der Waals surface area contributed by atoms with Gasteiger partial charge in [-0.3, -0.25) is 4.90 Å². The van der Waals surface area contributed by atoms with E-state index in [1.54, 1.807) is 39.4 Å². The standard InChI is InChI=1S/C26H32ClN5O5/c1-31(2)26(33)29-23-9-7-19(17-21(23)27)37-24-20-16-18(34-3)6-8-22(20)28-25(30-24)36-13-5-4-10-32-11-14-35-15-12-32/h6-9,16-17H,4-5,10-15H2,1-3H3,(H,29,33). The number of urea groups is 1. The number of morpholine rings is 1. The van der Waals surface area contributed by atoms with Crippen LogP contribution in [0.4, 0.5) is 10.5 Å². The highest BCUT2D eigenvalue weighted by Gasteiger charge is 2.15. The van der Waals surface area contributed by atoms with Crippen LogP contribution in [0.1, 0.15) is 12.8 Å². The smallest absolute Gasteiger partial charge is 0.321 e. The van der Waals surface area contributed by atoms with Crippen LogP contribution in [-0.4, -0.2) is 86.5 Å². The molecule has 3 aromatic rings. The van der Waals surface area contributed by atoms with Crippen LogP contribution in [0.3, 0.4) is 0 Å². The molecule has 11 heteroatoms. The number of amides is 2. The predicted molar refractivity (Wildman–Crippen MR) is 142 cm³/mol. The van der Waals surface area contributed by atoms with Crippen LogP contribution < -0.4 is 19.5 Å². The quantitative estimate of drug-likeness (QED) is 0.378. The van der Waals surface area contributed by atoms with Crippen molar-refractivity contribution >= 4 is 34.2 Å². The van der Waals surface area contributed by atoms with Crippen molar-refractivity contribution in [3.8, 4) is 23.4 Å². The summed E-state index contributed by atoms with van der Waals surface area (Å²) in [6.07, 6.45) is 1.90. The summed E-state index contributed by atoms with van der Waals surface area (Å²) in [6, 6.07) is 10.4. The number of methoxy groups -OCH3 is 1. The summed E-state index contributed by atoms with van der Waals surface area (Å²) in [5.41, 5.74) is 1.14. The summed E-state index contributed by atoms with van der Waals surface area (Å²) in [6.45, 7) is 5.07. The van der Waals surface area contributed by atoms with E-state index in [-0.39, 0.29) is 12.0 Å². The average Bonchev–Trinajstić information content (AvgIpc) is 2.90. The second-order valence-corrected chi connectivity index (χ2v) is 9.18. The van der Waals surface area contributed by atoms with Crippen molar-refractivity contribution in [1.82, 2.24) is 19.8 Å². The number of aromatic nitrogens is 2. The fourth-order valence-corrected chi connectivity index (χ4v) is 3.97. The number of unbranched alkanes of at least 4 members (excludes halogenated alkanes) is 1. The molecule has 37 heavy (non-hydrogen) atoms. The van der Waals surface area contributed by atoms with Crippen LogP contribution in [0.5, 0.6) is 23.4 Å². The maximum Gasteiger partial charge on any atom is 0.321 e. The van der Waals surface area contributed by atoms with Gasteiger partial charge in [-0.05, 0) is 49.7 Å². The molecule has 2 amide bonds. The molecule has 1 saturated heterocycles. The Labute approximate surface area is 221 Å². The minimum atomic E-state index is -0.281. The lowest BCUT2D eigenvalue weighted by molar-refractivity contribution is 0.0367. The van der Waals surface area contributed by atoms with Gasteiger partial charge in [0.25, 0.3) is 0 Å². The number of anilines is 1. The lowest BCUT2D eigenvalue weighted by Crippen LogP contribution is -2.36. The van der Waals surface area contributed by atoms with Crippen molar-refractivity contribution in [2.75, 3.05) is 66.0 Å². The first-order valence-electron chi connectivity index (χ1n) is 12.2. The monoisotopic (exact) mass is 529 g/mol. The molecule has 2 heterocycles. The van der Waals surface area contributed by atoms with E-state index < -0.39 is 0 Å². The summed E-state index contributed by atoms with van der Waals surface area (Å²) in [7, 11) is 4.90. The zero-order valence-corrected chi connectivity index (χ0v) is 22.1. The fourth-order valence-electron chi connectivity index (χ4n) is 3.75. The fraction of sp³-hybridized carbons (Fsp3) is 0.423. The second kappa shape index (κ2) is 12.8. The van der Waals surface area contributed by atoms with Gasteiger partial charge in [0.15, 0.2) is 0 Å². The van der Waals surface area contributed by atoms with Gasteiger partial charge in [0, 0.05) is 33.3 Å². The van der Waals surface area contributed by atoms with E-state index in [1.807, 2.05) is 18.2 Å². The van der Waals surface area contributed by atoms with Crippen molar-refractivity contribution in [3.63, 3.8) is 0 Å². The molecule has 0 spiro atoms. The van der Waals surface area contributed by atoms with Gasteiger partial charge in [0.1, 0.15) is 11.5 Å². The maximum atomic E-state index is 12.0. The van der Waals surface area contributed by atoms with E-state index in [4.69, 9.17) is 30.5 Å². The third-order valence-corrected chi connectivity index (χ3v) is 6.17. The van der Waals surface area contributed by atoms with Gasteiger partial charge >= 0.3 is 12.0 Å². The highest BCUT2D eigenvalue weighted by atomic mass is 35.5. The van der Waals surface area contributed by atoms with E-state index >= 15 is 0 Å². The molecule has 0 unspecified atom stereocenters. The molecule has 1 aliphatic rings. The number of hydrogen-bond acceptors (Lipinski definition) is 8. The Morgan fingerprint density at radius 2 is 1.89 bits per heavy atom. The molecule has 2 aromatic carbocycles. The Morgan fingerprint density at radius 3 is 2.62 bits per heavy atom. The number of benzene rings is 2. The van der Waals surface area contributed by atoms with Crippen molar-refractivity contribution in [3.05, 3.63) is 41.4 Å². The van der Waals surface area contributed by atoms with Crippen LogP contribution in [-0.2, 0) is 4.74 Å². The van der Waals surface area contributed by atoms with Gasteiger partial charge in [-0.2, -0.15) is 9.97 Å². The molecule has 1 aliphatic heterocycles. The van der Waals surface area contributed by atoms with Crippen molar-refractivity contribution in [1.29, 1.82) is 0 Å². The molecular formula is C26H32ClN5O5. The highest BCUT2D eigenvalue weighted by molar-refractivity contribution is 6.33. The predicted octanol–water partition coefficient (Wildman–Crippen LogP) is 4.67. The molecule has 4 rings (SSSR count). The molecule has 10 nitrogen and oxygen atoms in total. The second-order valence-electron chi connectivity index (χ2n) is 8.77. The minimum absolute atomic E-state index is 0.236. The van der Waals surface area contributed by atoms with Crippen molar-refractivity contribution in [2.24, 2.45) is 0 Å². The van der Waals surface area contributed by atoms with E-state index in [1.165, 1.54) is 4.90 Å². The van der Waals surface area contributed by atoms with Gasteiger partial charge in [-0.1, -0.05) is 11.6 Å². The topological polar surface area (TPSA) is 98.3 Å². The summed E-state index contributed by atoms with van der Waals surface area (Å²) in [5, 5.41) is 3.74. The largest absolute Gasteiger partial charge is 0.497 e. The summed E-state index contributed by atoms with van der Waals surface area (Å²) >= 11 is 6.39. The number of nitrogens with one attached hydrogen (secondary N) is 1. The number of ether oxygens (including phenoxy) is 4. The number of rotatable bonds is 10. The Morgan fingerprint density at radius 1 is 1.11 bits per heavy atom. The van der Waals surface area contributed by atoms with Gasteiger partial charge in [0.2, 0.25) is 5.88 Å². The van der Waals surface area contributed by atoms with Gasteiger partial charge in [-0.25, -0.2) is 4.79 Å².